The largest absolute Gasteiger partial charge is 0.297 e. The zero-order chi connectivity index (χ0) is 32.2. The predicted molar refractivity (Wildman–Crippen MR) is 144 cm³/mol. The second-order valence-electron chi connectivity index (χ2n) is 6.71. The Hall–Kier alpha value is -6.97. The SMILES string of the molecule is O=C=Nc1ccc(Cl)c(N=C=O)c1.O=C=Nc1ccc(N=C=O)c([N+](=O)[O-])c1.O=C=Nc1ccc([N+](=O)[O-])c(N=C=O)c1. The van der Waals surface area contributed by atoms with E-state index in [1.165, 1.54) is 72.9 Å². The first-order valence-electron chi connectivity index (χ1n) is 10.5. The number of hydrogen-bond acceptors (Lipinski definition) is 16. The molecule has 19 heteroatoms. The fourth-order valence-electron chi connectivity index (χ4n) is 2.61. The van der Waals surface area contributed by atoms with Crippen molar-refractivity contribution in [1.82, 2.24) is 0 Å². The van der Waals surface area contributed by atoms with Crippen molar-refractivity contribution in [2.24, 2.45) is 30.0 Å². The summed E-state index contributed by atoms with van der Waals surface area (Å²) in [5.41, 5.74) is -0.350. The van der Waals surface area contributed by atoms with Crippen molar-refractivity contribution >= 4 is 93.6 Å². The summed E-state index contributed by atoms with van der Waals surface area (Å²) in [5, 5.41) is 21.3. The first kappa shape index (κ1) is 34.1. The highest BCUT2D eigenvalue weighted by atomic mass is 35.5. The minimum absolute atomic E-state index is 0.0709. The first-order chi connectivity index (χ1) is 20.6. The van der Waals surface area contributed by atoms with Gasteiger partial charge in [0.25, 0.3) is 11.4 Å². The van der Waals surface area contributed by atoms with Gasteiger partial charge in [-0.05, 0) is 42.5 Å². The molecule has 0 unspecified atom stereocenters. The average Bonchev–Trinajstić information content (AvgIpc) is 2.97. The fraction of sp³-hybridized carbons (Fsp3) is 0. The third-order valence-corrected chi connectivity index (χ3v) is 4.58. The molecule has 0 bridgehead atoms. The van der Waals surface area contributed by atoms with Crippen molar-refractivity contribution in [3.63, 3.8) is 0 Å². The molecule has 0 saturated heterocycles. The zero-order valence-electron chi connectivity index (χ0n) is 20.7. The van der Waals surface area contributed by atoms with Crippen LogP contribution in [0.2, 0.25) is 5.02 Å². The Morgan fingerprint density at radius 3 is 1.37 bits per heavy atom. The van der Waals surface area contributed by atoms with E-state index in [-0.39, 0.29) is 34.1 Å². The molecule has 212 valence electrons. The molecule has 0 heterocycles. The number of nitro groups is 2. The van der Waals surface area contributed by atoms with Crippen LogP contribution in [0.5, 0.6) is 0 Å². The second-order valence-corrected chi connectivity index (χ2v) is 7.12. The third kappa shape index (κ3) is 11.3. The third-order valence-electron chi connectivity index (χ3n) is 4.26. The Morgan fingerprint density at radius 1 is 0.488 bits per heavy atom. The quantitative estimate of drug-likeness (QED) is 0.138. The van der Waals surface area contributed by atoms with Gasteiger partial charge in [0, 0.05) is 12.1 Å². The first-order valence-corrected chi connectivity index (χ1v) is 10.9. The van der Waals surface area contributed by atoms with Crippen LogP contribution in [-0.2, 0) is 28.8 Å². The van der Waals surface area contributed by atoms with E-state index >= 15 is 0 Å². The zero-order valence-corrected chi connectivity index (χ0v) is 21.5. The molecule has 0 radical (unpaired) electrons. The second kappa shape index (κ2) is 18.3. The van der Waals surface area contributed by atoms with Crippen LogP contribution in [0.15, 0.2) is 84.6 Å². The van der Waals surface area contributed by atoms with Crippen LogP contribution in [0.1, 0.15) is 0 Å². The summed E-state index contributed by atoms with van der Waals surface area (Å²) in [6, 6.07) is 11.3. The van der Waals surface area contributed by atoms with E-state index in [0.717, 1.165) is 18.2 Å². The fourth-order valence-corrected chi connectivity index (χ4v) is 2.77. The minimum atomic E-state index is -0.736. The van der Waals surface area contributed by atoms with E-state index in [1.807, 2.05) is 0 Å². The molecule has 3 aromatic carbocycles. The standard InChI is InChI=1S/C8H3ClN2O2.2C8H3N3O4/c9-7-2-1-6(10-4-12)3-8(7)11-5-13;12-4-9-6-1-2-8(11(14)15)7(3-6)10-5-13;12-4-9-6-1-2-7(10-5-13)8(3-6)11(14)15/h1-3H;2*1-3H. The van der Waals surface area contributed by atoms with E-state index in [4.69, 9.17) is 11.6 Å². The van der Waals surface area contributed by atoms with Gasteiger partial charge >= 0.3 is 0 Å². The molecular formula is C24H9ClN8O10. The van der Waals surface area contributed by atoms with Crippen molar-refractivity contribution in [3.05, 3.63) is 79.8 Å². The maximum atomic E-state index is 10.5. The van der Waals surface area contributed by atoms with Crippen LogP contribution in [0.4, 0.5) is 45.5 Å². The number of benzene rings is 3. The number of nitro benzene ring substituents is 2. The van der Waals surface area contributed by atoms with E-state index in [1.54, 1.807) is 0 Å². The molecule has 3 aromatic rings. The molecule has 0 fully saturated rings. The van der Waals surface area contributed by atoms with E-state index < -0.39 is 15.5 Å². The van der Waals surface area contributed by atoms with Gasteiger partial charge in [-0.2, -0.15) is 30.0 Å². The number of nitrogens with zero attached hydrogens (tertiary/aromatic N) is 8. The molecule has 18 nitrogen and oxygen atoms in total. The molecule has 0 aliphatic heterocycles. The summed E-state index contributed by atoms with van der Waals surface area (Å²) < 4.78 is 0. The molecular weight excluding hydrogens is 596 g/mol. The van der Waals surface area contributed by atoms with Gasteiger partial charge in [-0.15, -0.1) is 0 Å². The molecule has 0 atom stereocenters. The van der Waals surface area contributed by atoms with E-state index in [2.05, 4.69) is 30.0 Å². The summed E-state index contributed by atoms with van der Waals surface area (Å²) >= 11 is 5.66. The maximum Gasteiger partial charge on any atom is 0.297 e. The molecule has 0 aliphatic rings. The molecule has 0 amide bonds. The molecule has 0 aliphatic carbocycles. The van der Waals surface area contributed by atoms with Gasteiger partial charge in [0.2, 0.25) is 36.5 Å². The Labute approximate surface area is 242 Å². The highest BCUT2D eigenvalue weighted by Gasteiger charge is 2.14. The smallest absolute Gasteiger partial charge is 0.258 e. The van der Waals surface area contributed by atoms with Gasteiger partial charge in [0.05, 0.1) is 37.6 Å². The molecule has 0 N–H and O–H groups in total. The van der Waals surface area contributed by atoms with Crippen molar-refractivity contribution in [3.8, 4) is 0 Å². The highest BCUT2D eigenvalue weighted by molar-refractivity contribution is 6.33. The Kier molecular flexibility index (Phi) is 14.5. The van der Waals surface area contributed by atoms with Crippen LogP contribution < -0.4 is 0 Å². The van der Waals surface area contributed by atoms with Crippen molar-refractivity contribution in [2.75, 3.05) is 0 Å². The van der Waals surface area contributed by atoms with Crippen molar-refractivity contribution in [1.29, 1.82) is 0 Å². The molecule has 0 spiro atoms. The van der Waals surface area contributed by atoms with Gasteiger partial charge < -0.3 is 0 Å². The van der Waals surface area contributed by atoms with Gasteiger partial charge in [0.1, 0.15) is 0 Å². The van der Waals surface area contributed by atoms with Gasteiger partial charge in [-0.3, -0.25) is 20.2 Å². The summed E-state index contributed by atoms with van der Waals surface area (Å²) in [6.07, 6.45) is 7.59. The molecule has 0 aromatic heterocycles. The van der Waals surface area contributed by atoms with Crippen molar-refractivity contribution in [2.45, 2.75) is 0 Å². The normalized spacial score (nSPS) is 8.49. The topological polar surface area (TPSA) is 263 Å². The lowest BCUT2D eigenvalue weighted by Gasteiger charge is -1.95. The van der Waals surface area contributed by atoms with Gasteiger partial charge in [-0.25, -0.2) is 28.8 Å². The lowest BCUT2D eigenvalue weighted by molar-refractivity contribution is -0.384. The lowest BCUT2D eigenvalue weighted by atomic mass is 10.2. The number of halogens is 1. The Bertz CT molecular complexity index is 1780. The molecule has 43 heavy (non-hydrogen) atoms. The predicted octanol–water partition coefficient (Wildman–Crippen LogP) is 5.33. The number of rotatable bonds is 8. The Balaban J connectivity index is 0.000000324. The van der Waals surface area contributed by atoms with Crippen LogP contribution in [-0.4, -0.2) is 46.3 Å². The molecule has 0 saturated carbocycles. The van der Waals surface area contributed by atoms with Crippen molar-refractivity contribution < 1.29 is 38.6 Å². The Morgan fingerprint density at radius 2 is 0.884 bits per heavy atom. The highest BCUT2D eigenvalue weighted by Crippen LogP contribution is 2.32. The van der Waals surface area contributed by atoms with Crippen LogP contribution in [0.3, 0.4) is 0 Å². The lowest BCUT2D eigenvalue weighted by Crippen LogP contribution is -1.87. The molecule has 3 rings (SSSR count). The summed E-state index contributed by atoms with van der Waals surface area (Å²) in [7, 11) is 0. The number of aliphatic imine (C=N–C) groups is 6. The summed E-state index contributed by atoms with van der Waals surface area (Å²) in [4.78, 5) is 98.6. The van der Waals surface area contributed by atoms with Crippen LogP contribution in [0.25, 0.3) is 0 Å². The van der Waals surface area contributed by atoms with Gasteiger partial charge in [0.15, 0.2) is 11.4 Å². The van der Waals surface area contributed by atoms with E-state index in [9.17, 15) is 49.0 Å². The summed E-state index contributed by atoms with van der Waals surface area (Å²) in [6.45, 7) is 0. The average molecular weight is 605 g/mol. The minimum Gasteiger partial charge on any atom is -0.258 e. The number of isocyanates is 6. The van der Waals surface area contributed by atoms with Crippen LogP contribution >= 0.6 is 11.6 Å². The number of hydrogen-bond donors (Lipinski definition) is 0. The maximum absolute atomic E-state index is 10.5. The number of carbonyl (C=O) groups excluding carboxylic acids is 6. The monoisotopic (exact) mass is 604 g/mol. The van der Waals surface area contributed by atoms with Crippen LogP contribution in [0, 0.1) is 20.2 Å². The van der Waals surface area contributed by atoms with Gasteiger partial charge in [-0.1, -0.05) is 11.6 Å². The van der Waals surface area contributed by atoms with E-state index in [0.29, 0.717) is 10.7 Å². The summed E-state index contributed by atoms with van der Waals surface area (Å²) in [5.74, 6) is 0.